The zero-order valence-electron chi connectivity index (χ0n) is 14.2. The lowest BCUT2D eigenvalue weighted by molar-refractivity contribution is 0.0998. The van der Waals surface area contributed by atoms with Gasteiger partial charge in [0, 0.05) is 22.7 Å². The summed E-state index contributed by atoms with van der Waals surface area (Å²) in [5.41, 5.74) is 1.78. The largest absolute Gasteiger partial charge is 0.451 e. The fourth-order valence-corrected chi connectivity index (χ4v) is 4.16. The molecule has 1 fully saturated rings. The Kier molecular flexibility index (Phi) is 4.05. The number of hydrogen-bond donors (Lipinski definition) is 2. The summed E-state index contributed by atoms with van der Waals surface area (Å²) in [4.78, 5) is 12.7. The minimum Gasteiger partial charge on any atom is -0.451 e. The van der Waals surface area contributed by atoms with Crippen LogP contribution in [0.4, 0.5) is 5.69 Å². The SMILES string of the molecule is Cc1c(C(=O)Nc2cccc(S(=O)(=O)NC3CC3)c2)oc2ccccc12. The van der Waals surface area contributed by atoms with Gasteiger partial charge in [-0.3, -0.25) is 4.79 Å². The third-order valence-electron chi connectivity index (χ3n) is 4.35. The molecule has 1 aromatic heterocycles. The first kappa shape index (κ1) is 16.8. The number of nitrogens with one attached hydrogen (secondary N) is 2. The van der Waals surface area contributed by atoms with Gasteiger partial charge < -0.3 is 9.73 Å². The van der Waals surface area contributed by atoms with E-state index in [0.717, 1.165) is 23.8 Å². The topological polar surface area (TPSA) is 88.4 Å². The van der Waals surface area contributed by atoms with E-state index in [1.54, 1.807) is 18.2 Å². The molecular weight excluding hydrogens is 352 g/mol. The van der Waals surface area contributed by atoms with E-state index >= 15 is 0 Å². The Hall–Kier alpha value is -2.64. The highest BCUT2D eigenvalue weighted by Crippen LogP contribution is 2.26. The Bertz CT molecular complexity index is 1100. The maximum Gasteiger partial charge on any atom is 0.291 e. The summed E-state index contributed by atoms with van der Waals surface area (Å²) >= 11 is 0. The molecule has 0 atom stereocenters. The molecule has 1 aliphatic rings. The van der Waals surface area contributed by atoms with Crippen molar-refractivity contribution in [3.63, 3.8) is 0 Å². The molecule has 4 rings (SSSR count). The van der Waals surface area contributed by atoms with Gasteiger partial charge in [-0.15, -0.1) is 0 Å². The van der Waals surface area contributed by atoms with Crippen LogP contribution >= 0.6 is 0 Å². The fraction of sp³-hybridized carbons (Fsp3) is 0.211. The predicted octanol–water partition coefficient (Wildman–Crippen LogP) is 3.43. The molecule has 0 unspecified atom stereocenters. The summed E-state index contributed by atoms with van der Waals surface area (Å²) in [5.74, 6) is -0.195. The van der Waals surface area contributed by atoms with Crippen molar-refractivity contribution in [1.29, 1.82) is 0 Å². The van der Waals surface area contributed by atoms with Crippen molar-refractivity contribution in [3.05, 3.63) is 59.9 Å². The smallest absolute Gasteiger partial charge is 0.291 e. The van der Waals surface area contributed by atoms with Crippen molar-refractivity contribution in [3.8, 4) is 0 Å². The third kappa shape index (κ3) is 3.23. The monoisotopic (exact) mass is 370 g/mol. The van der Waals surface area contributed by atoms with Gasteiger partial charge in [-0.25, -0.2) is 13.1 Å². The van der Waals surface area contributed by atoms with Crippen LogP contribution in [0.5, 0.6) is 0 Å². The molecular formula is C19H18N2O4S. The Balaban J connectivity index is 1.59. The van der Waals surface area contributed by atoms with Gasteiger partial charge in [-0.05, 0) is 44.0 Å². The second kappa shape index (κ2) is 6.26. The van der Waals surface area contributed by atoms with E-state index in [1.165, 1.54) is 12.1 Å². The van der Waals surface area contributed by atoms with Crippen LogP contribution in [0, 0.1) is 6.92 Å². The van der Waals surface area contributed by atoms with Crippen molar-refractivity contribution in [2.75, 3.05) is 5.32 Å². The van der Waals surface area contributed by atoms with Crippen molar-refractivity contribution >= 4 is 32.6 Å². The Morgan fingerprint density at radius 3 is 2.62 bits per heavy atom. The Morgan fingerprint density at radius 2 is 1.88 bits per heavy atom. The third-order valence-corrected chi connectivity index (χ3v) is 5.87. The average molecular weight is 370 g/mol. The van der Waals surface area contributed by atoms with Gasteiger partial charge in [0.25, 0.3) is 5.91 Å². The molecule has 1 saturated carbocycles. The first-order valence-corrected chi connectivity index (χ1v) is 9.84. The number of benzene rings is 2. The van der Waals surface area contributed by atoms with Crippen LogP contribution in [0.25, 0.3) is 11.0 Å². The summed E-state index contributed by atoms with van der Waals surface area (Å²) < 4.78 is 32.9. The van der Waals surface area contributed by atoms with Gasteiger partial charge >= 0.3 is 0 Å². The van der Waals surface area contributed by atoms with Crippen LogP contribution in [-0.4, -0.2) is 20.4 Å². The molecule has 1 amide bonds. The lowest BCUT2D eigenvalue weighted by atomic mass is 10.1. The summed E-state index contributed by atoms with van der Waals surface area (Å²) in [5, 5.41) is 3.59. The van der Waals surface area contributed by atoms with Crippen LogP contribution < -0.4 is 10.0 Å². The molecule has 134 valence electrons. The van der Waals surface area contributed by atoms with E-state index in [-0.39, 0.29) is 16.7 Å². The van der Waals surface area contributed by atoms with E-state index in [2.05, 4.69) is 10.0 Å². The molecule has 2 aromatic carbocycles. The van der Waals surface area contributed by atoms with Crippen LogP contribution in [0.1, 0.15) is 29.0 Å². The molecule has 0 aliphatic heterocycles. The average Bonchev–Trinajstić information content (AvgIpc) is 3.36. The number of para-hydroxylation sites is 1. The Labute approximate surface area is 151 Å². The predicted molar refractivity (Wildman–Crippen MR) is 98.7 cm³/mol. The number of amides is 1. The van der Waals surface area contributed by atoms with E-state index in [1.807, 2.05) is 25.1 Å². The van der Waals surface area contributed by atoms with Gasteiger partial charge in [0.1, 0.15) is 5.58 Å². The highest BCUT2D eigenvalue weighted by molar-refractivity contribution is 7.89. The van der Waals surface area contributed by atoms with Crippen molar-refractivity contribution < 1.29 is 17.6 Å². The van der Waals surface area contributed by atoms with Gasteiger partial charge in [0.15, 0.2) is 5.76 Å². The molecule has 6 nitrogen and oxygen atoms in total. The first-order chi connectivity index (χ1) is 12.4. The van der Waals surface area contributed by atoms with Crippen molar-refractivity contribution in [1.82, 2.24) is 4.72 Å². The lowest BCUT2D eigenvalue weighted by Crippen LogP contribution is -2.25. The minimum atomic E-state index is -3.57. The number of sulfonamides is 1. The van der Waals surface area contributed by atoms with E-state index in [9.17, 15) is 13.2 Å². The zero-order chi connectivity index (χ0) is 18.3. The van der Waals surface area contributed by atoms with Crippen LogP contribution in [0.2, 0.25) is 0 Å². The van der Waals surface area contributed by atoms with Crippen LogP contribution in [0.3, 0.4) is 0 Å². The molecule has 0 saturated heterocycles. The summed E-state index contributed by atoms with van der Waals surface area (Å²) in [6, 6.07) is 13.6. The van der Waals surface area contributed by atoms with Gasteiger partial charge in [0.05, 0.1) is 4.90 Å². The second-order valence-electron chi connectivity index (χ2n) is 6.43. The molecule has 7 heteroatoms. The quantitative estimate of drug-likeness (QED) is 0.720. The number of anilines is 1. The lowest BCUT2D eigenvalue weighted by Gasteiger charge is -2.08. The van der Waals surface area contributed by atoms with Gasteiger partial charge in [-0.1, -0.05) is 24.3 Å². The summed E-state index contributed by atoms with van der Waals surface area (Å²) in [6.07, 6.45) is 1.72. The van der Waals surface area contributed by atoms with Crippen molar-refractivity contribution in [2.24, 2.45) is 0 Å². The van der Waals surface area contributed by atoms with Crippen molar-refractivity contribution in [2.45, 2.75) is 30.7 Å². The molecule has 3 aromatic rings. The van der Waals surface area contributed by atoms with E-state index < -0.39 is 15.9 Å². The van der Waals surface area contributed by atoms with E-state index in [0.29, 0.717) is 11.3 Å². The van der Waals surface area contributed by atoms with Gasteiger partial charge in [0.2, 0.25) is 10.0 Å². The summed E-state index contributed by atoms with van der Waals surface area (Å²) in [7, 11) is -3.57. The minimum absolute atomic E-state index is 0.0245. The number of fused-ring (bicyclic) bond motifs is 1. The number of rotatable bonds is 5. The van der Waals surface area contributed by atoms with E-state index in [4.69, 9.17) is 4.42 Å². The molecule has 0 bridgehead atoms. The highest BCUT2D eigenvalue weighted by atomic mass is 32.2. The maximum absolute atomic E-state index is 12.6. The molecule has 0 radical (unpaired) electrons. The number of carbonyl (C=O) groups excluding carboxylic acids is 1. The van der Waals surface area contributed by atoms with Crippen LogP contribution in [-0.2, 0) is 10.0 Å². The zero-order valence-corrected chi connectivity index (χ0v) is 15.0. The number of aryl methyl sites for hydroxylation is 1. The number of carbonyl (C=O) groups is 1. The molecule has 2 N–H and O–H groups in total. The second-order valence-corrected chi connectivity index (χ2v) is 8.14. The molecule has 26 heavy (non-hydrogen) atoms. The standard InChI is InChI=1S/C19H18N2O4S/c1-12-16-7-2-3-8-17(16)25-18(12)19(22)20-14-5-4-6-15(11-14)26(23,24)21-13-9-10-13/h2-8,11,13,21H,9-10H2,1H3,(H,20,22). The van der Waals surface area contributed by atoms with Gasteiger partial charge in [-0.2, -0.15) is 0 Å². The molecule has 1 aliphatic carbocycles. The first-order valence-electron chi connectivity index (χ1n) is 8.36. The maximum atomic E-state index is 12.6. The number of furan rings is 1. The van der Waals surface area contributed by atoms with Crippen LogP contribution in [0.15, 0.2) is 57.8 Å². The normalized spacial score (nSPS) is 14.5. The molecule has 1 heterocycles. The fourth-order valence-electron chi connectivity index (χ4n) is 2.81. The summed E-state index contributed by atoms with van der Waals surface area (Å²) in [6.45, 7) is 1.82. The Morgan fingerprint density at radius 1 is 1.12 bits per heavy atom. The number of hydrogen-bond acceptors (Lipinski definition) is 4. The molecule has 0 spiro atoms. The highest BCUT2D eigenvalue weighted by Gasteiger charge is 2.28.